The van der Waals surface area contributed by atoms with E-state index in [2.05, 4.69) is 20.5 Å². The van der Waals surface area contributed by atoms with E-state index in [1.54, 1.807) is 24.0 Å². The van der Waals surface area contributed by atoms with Crippen LogP contribution in [-0.2, 0) is 7.05 Å². The molecule has 7 nitrogen and oxygen atoms in total. The minimum absolute atomic E-state index is 0.206. The Hall–Kier alpha value is -1.83. The topological polar surface area (TPSA) is 87.4 Å². The highest BCUT2D eigenvalue weighted by Crippen LogP contribution is 2.04. The van der Waals surface area contributed by atoms with Crippen LogP contribution in [0.3, 0.4) is 0 Å². The van der Waals surface area contributed by atoms with Crippen molar-refractivity contribution < 1.29 is 0 Å². The number of imidazole rings is 1. The predicted octanol–water partition coefficient (Wildman–Crippen LogP) is -0.970. The van der Waals surface area contributed by atoms with E-state index in [4.69, 9.17) is 18.0 Å². The Morgan fingerprint density at radius 1 is 1.57 bits per heavy atom. The molecule has 2 N–H and O–H groups in total. The zero-order valence-corrected chi connectivity index (χ0v) is 8.14. The van der Waals surface area contributed by atoms with E-state index in [1.807, 2.05) is 0 Å². The van der Waals surface area contributed by atoms with Crippen molar-refractivity contribution in [3.8, 4) is 5.95 Å². The third-order valence-corrected chi connectivity index (χ3v) is 1.86. The van der Waals surface area contributed by atoms with Crippen LogP contribution in [0.4, 0.5) is 0 Å². The van der Waals surface area contributed by atoms with Crippen LogP contribution in [0.2, 0.25) is 0 Å². The van der Waals surface area contributed by atoms with Crippen molar-refractivity contribution in [2.75, 3.05) is 0 Å². The highest BCUT2D eigenvalue weighted by atomic mass is 32.1. The van der Waals surface area contributed by atoms with E-state index in [9.17, 15) is 0 Å². The fourth-order valence-corrected chi connectivity index (χ4v) is 1.23. The molecule has 0 aliphatic heterocycles. The van der Waals surface area contributed by atoms with Gasteiger partial charge in [0.05, 0.1) is 0 Å². The summed E-state index contributed by atoms with van der Waals surface area (Å²) in [5.41, 5.74) is 5.49. The van der Waals surface area contributed by atoms with Crippen molar-refractivity contribution in [1.29, 1.82) is 0 Å². The van der Waals surface area contributed by atoms with Crippen molar-refractivity contribution >= 4 is 17.2 Å². The maximum Gasteiger partial charge on any atom is 0.255 e. The molecule has 0 fully saturated rings. The van der Waals surface area contributed by atoms with Crippen molar-refractivity contribution in [3.63, 3.8) is 0 Å². The van der Waals surface area contributed by atoms with Gasteiger partial charge in [-0.2, -0.15) is 0 Å². The lowest BCUT2D eigenvalue weighted by atomic mass is 10.6. The number of hydrogen-bond acceptors (Lipinski definition) is 5. The lowest BCUT2D eigenvalue weighted by Gasteiger charge is -2.02. The number of aromatic nitrogens is 6. The summed E-state index contributed by atoms with van der Waals surface area (Å²) in [5, 5.41) is 11.0. The van der Waals surface area contributed by atoms with Crippen LogP contribution in [0.5, 0.6) is 0 Å². The molecule has 0 amide bonds. The predicted molar refractivity (Wildman–Crippen MR) is 51.8 cm³/mol. The van der Waals surface area contributed by atoms with E-state index >= 15 is 0 Å². The molecular weight excluding hydrogens is 202 g/mol. The standard InChI is InChI=1S/C6H7N7S/c1-12-6(9-10-11-12)13-3-2-8-5(13)4(7)14/h2-3H,1H3,(H2,7,14). The summed E-state index contributed by atoms with van der Waals surface area (Å²) in [5.74, 6) is 0.989. The Morgan fingerprint density at radius 2 is 2.36 bits per heavy atom. The lowest BCUT2D eigenvalue weighted by molar-refractivity contribution is 0.690. The largest absolute Gasteiger partial charge is 0.387 e. The SMILES string of the molecule is Cn1nnnc1-n1ccnc1C(N)=S. The van der Waals surface area contributed by atoms with E-state index < -0.39 is 0 Å². The average Bonchev–Trinajstić information content (AvgIpc) is 2.70. The van der Waals surface area contributed by atoms with Crippen molar-refractivity contribution in [2.24, 2.45) is 12.8 Å². The van der Waals surface area contributed by atoms with E-state index in [1.165, 1.54) is 4.68 Å². The van der Waals surface area contributed by atoms with Crippen LogP contribution in [0.1, 0.15) is 5.82 Å². The third-order valence-electron chi connectivity index (χ3n) is 1.67. The first kappa shape index (κ1) is 8.75. The monoisotopic (exact) mass is 209 g/mol. The van der Waals surface area contributed by atoms with E-state index in [0.717, 1.165) is 0 Å². The number of rotatable bonds is 2. The van der Waals surface area contributed by atoms with E-state index in [0.29, 0.717) is 11.8 Å². The molecule has 2 aromatic rings. The minimum atomic E-state index is 0.206. The molecule has 0 aromatic carbocycles. The van der Waals surface area contributed by atoms with Gasteiger partial charge in [0.1, 0.15) is 4.99 Å². The van der Waals surface area contributed by atoms with Gasteiger partial charge in [0.15, 0.2) is 5.82 Å². The second-order valence-corrected chi connectivity index (χ2v) is 3.03. The number of nitrogens with zero attached hydrogens (tertiary/aromatic N) is 6. The van der Waals surface area contributed by atoms with Gasteiger partial charge < -0.3 is 5.73 Å². The molecule has 0 unspecified atom stereocenters. The molecule has 2 heterocycles. The summed E-state index contributed by atoms with van der Waals surface area (Å²) >= 11 is 4.84. The first-order valence-electron chi connectivity index (χ1n) is 3.76. The molecule has 2 rings (SSSR count). The number of thiocarbonyl (C=S) groups is 1. The van der Waals surface area contributed by atoms with Crippen LogP contribution in [0, 0.1) is 0 Å². The molecule has 0 atom stereocenters. The highest BCUT2D eigenvalue weighted by Gasteiger charge is 2.11. The quantitative estimate of drug-likeness (QED) is 0.640. The molecule has 0 aliphatic carbocycles. The van der Waals surface area contributed by atoms with Gasteiger partial charge in [0, 0.05) is 19.4 Å². The summed E-state index contributed by atoms with van der Waals surface area (Å²) in [6.07, 6.45) is 3.28. The maximum absolute atomic E-state index is 5.49. The van der Waals surface area contributed by atoms with Gasteiger partial charge in [0.2, 0.25) is 0 Å². The number of nitrogens with two attached hydrogens (primary N) is 1. The number of aryl methyl sites for hydroxylation is 1. The van der Waals surface area contributed by atoms with Gasteiger partial charge in [-0.25, -0.2) is 9.67 Å². The molecule has 14 heavy (non-hydrogen) atoms. The number of hydrogen-bond donors (Lipinski definition) is 1. The Labute approximate surface area is 84.5 Å². The summed E-state index contributed by atoms with van der Waals surface area (Å²) < 4.78 is 3.13. The highest BCUT2D eigenvalue weighted by molar-refractivity contribution is 7.80. The molecule has 8 heteroatoms. The molecular formula is C6H7N7S. The fraction of sp³-hybridized carbons (Fsp3) is 0.167. The first-order valence-corrected chi connectivity index (χ1v) is 4.17. The molecule has 0 aliphatic rings. The average molecular weight is 209 g/mol. The Morgan fingerprint density at radius 3 is 2.93 bits per heavy atom. The zero-order chi connectivity index (χ0) is 10.1. The van der Waals surface area contributed by atoms with Crippen molar-refractivity contribution in [1.82, 2.24) is 29.8 Å². The van der Waals surface area contributed by atoms with Crippen LogP contribution in [0.15, 0.2) is 12.4 Å². The minimum Gasteiger partial charge on any atom is -0.387 e. The normalized spacial score (nSPS) is 10.4. The Kier molecular flexibility index (Phi) is 1.97. The first-order chi connectivity index (χ1) is 6.70. The Bertz CT molecular complexity index is 470. The van der Waals surface area contributed by atoms with Crippen molar-refractivity contribution in [2.45, 2.75) is 0 Å². The molecule has 0 saturated carbocycles. The lowest BCUT2D eigenvalue weighted by Crippen LogP contribution is -2.17. The summed E-state index contributed by atoms with van der Waals surface area (Å²) in [6.45, 7) is 0. The maximum atomic E-state index is 5.49. The van der Waals surface area contributed by atoms with Crippen LogP contribution in [-0.4, -0.2) is 34.7 Å². The smallest absolute Gasteiger partial charge is 0.255 e. The molecule has 0 radical (unpaired) electrons. The van der Waals surface area contributed by atoms with Gasteiger partial charge in [-0.1, -0.05) is 17.3 Å². The van der Waals surface area contributed by atoms with Crippen LogP contribution >= 0.6 is 12.2 Å². The second-order valence-electron chi connectivity index (χ2n) is 2.59. The second kappa shape index (κ2) is 3.14. The summed E-state index contributed by atoms with van der Waals surface area (Å²) in [7, 11) is 1.72. The van der Waals surface area contributed by atoms with Gasteiger partial charge in [-0.15, -0.1) is 0 Å². The van der Waals surface area contributed by atoms with Gasteiger partial charge in [-0.3, -0.25) is 4.57 Å². The van der Waals surface area contributed by atoms with Crippen LogP contribution < -0.4 is 5.73 Å². The number of tetrazole rings is 1. The molecule has 0 bridgehead atoms. The Balaban J connectivity index is 2.57. The fourth-order valence-electron chi connectivity index (χ4n) is 1.08. The summed E-state index contributed by atoms with van der Waals surface area (Å²) in [6, 6.07) is 0. The molecule has 72 valence electrons. The zero-order valence-electron chi connectivity index (χ0n) is 7.32. The summed E-state index contributed by atoms with van der Waals surface area (Å²) in [4.78, 5) is 4.21. The van der Waals surface area contributed by atoms with E-state index in [-0.39, 0.29) is 4.99 Å². The van der Waals surface area contributed by atoms with Gasteiger partial charge in [0.25, 0.3) is 5.95 Å². The third kappa shape index (κ3) is 1.25. The van der Waals surface area contributed by atoms with Gasteiger partial charge in [-0.05, 0) is 10.4 Å². The molecule has 0 saturated heterocycles. The molecule has 2 aromatic heterocycles. The molecule has 0 spiro atoms. The van der Waals surface area contributed by atoms with Crippen LogP contribution in [0.25, 0.3) is 5.95 Å². The van der Waals surface area contributed by atoms with Crippen molar-refractivity contribution in [3.05, 3.63) is 18.2 Å². The van der Waals surface area contributed by atoms with Gasteiger partial charge >= 0.3 is 0 Å².